The van der Waals surface area contributed by atoms with Crippen LogP contribution in [0, 0.1) is 22.7 Å². The van der Waals surface area contributed by atoms with Crippen LogP contribution in [0.2, 0.25) is 0 Å². The van der Waals surface area contributed by atoms with Crippen LogP contribution in [0.1, 0.15) is 11.1 Å². The van der Waals surface area contributed by atoms with E-state index < -0.39 is 0 Å². The first-order chi connectivity index (χ1) is 20.7. The summed E-state index contributed by atoms with van der Waals surface area (Å²) in [5.41, 5.74) is 7.41. The van der Waals surface area contributed by atoms with Crippen LogP contribution < -0.4 is 0 Å². The molecule has 8 rings (SSSR count). The lowest BCUT2D eigenvalue weighted by Gasteiger charge is -2.17. The number of fused-ring (bicyclic) bond motifs is 6. The highest BCUT2D eigenvalue weighted by atomic mass is 32.1. The van der Waals surface area contributed by atoms with E-state index in [1.165, 1.54) is 15.5 Å². The third-order valence-electron chi connectivity index (χ3n) is 7.99. The largest absolute Gasteiger partial charge is 0.456 e. The Balaban J connectivity index is 1.43. The zero-order valence-electron chi connectivity index (χ0n) is 22.3. The van der Waals surface area contributed by atoms with Gasteiger partial charge in [-0.15, -0.1) is 11.3 Å². The van der Waals surface area contributed by atoms with Gasteiger partial charge in [0.1, 0.15) is 23.3 Å². The zero-order chi connectivity index (χ0) is 28.2. The highest BCUT2D eigenvalue weighted by Crippen LogP contribution is 2.43. The van der Waals surface area contributed by atoms with Gasteiger partial charge in [0.25, 0.3) is 0 Å². The Hall–Kier alpha value is -5.68. The number of benzene rings is 6. The van der Waals surface area contributed by atoms with Crippen molar-refractivity contribution >= 4 is 53.4 Å². The topological polar surface area (TPSA) is 60.7 Å². The van der Waals surface area contributed by atoms with Crippen LogP contribution in [0.5, 0.6) is 0 Å². The van der Waals surface area contributed by atoms with E-state index in [0.717, 1.165) is 54.5 Å². The molecule has 0 aliphatic heterocycles. The van der Waals surface area contributed by atoms with Crippen molar-refractivity contribution in [2.45, 2.75) is 0 Å². The molecule has 0 saturated carbocycles. The molecule has 0 amide bonds. The highest BCUT2D eigenvalue weighted by Gasteiger charge is 2.22. The minimum absolute atomic E-state index is 0.472. The minimum atomic E-state index is 0.472. The van der Waals surface area contributed by atoms with Crippen molar-refractivity contribution in [3.63, 3.8) is 0 Å². The van der Waals surface area contributed by atoms with Crippen LogP contribution in [-0.4, -0.2) is 0 Å². The third kappa shape index (κ3) is 3.64. The second kappa shape index (κ2) is 9.46. The Labute approximate surface area is 245 Å². The molecule has 0 unspecified atom stereocenters. The highest BCUT2D eigenvalue weighted by molar-refractivity contribution is 7.25. The van der Waals surface area contributed by atoms with Crippen molar-refractivity contribution in [3.8, 4) is 45.5 Å². The zero-order valence-corrected chi connectivity index (χ0v) is 23.1. The van der Waals surface area contributed by atoms with Gasteiger partial charge in [0.15, 0.2) is 0 Å². The minimum Gasteiger partial charge on any atom is -0.456 e. The predicted molar refractivity (Wildman–Crippen MR) is 172 cm³/mol. The Kier molecular flexibility index (Phi) is 5.44. The van der Waals surface area contributed by atoms with E-state index in [0.29, 0.717) is 16.7 Å². The first kappa shape index (κ1) is 24.1. The molecule has 0 saturated heterocycles. The normalized spacial score (nSPS) is 11.3. The molecule has 3 nitrogen and oxygen atoms in total. The summed E-state index contributed by atoms with van der Waals surface area (Å²) in [4.78, 5) is 0. The van der Waals surface area contributed by atoms with Gasteiger partial charge in [0.2, 0.25) is 0 Å². The fraction of sp³-hybridized carbons (Fsp3) is 0. The summed E-state index contributed by atoms with van der Waals surface area (Å²) in [5.74, 6) is 0. The molecule has 194 valence electrons. The third-order valence-corrected chi connectivity index (χ3v) is 9.13. The average molecular weight is 553 g/mol. The monoisotopic (exact) mass is 552 g/mol. The van der Waals surface area contributed by atoms with Crippen LogP contribution in [0.15, 0.2) is 126 Å². The lowest BCUT2D eigenvalue weighted by molar-refractivity contribution is 0.669. The van der Waals surface area contributed by atoms with Gasteiger partial charge >= 0.3 is 0 Å². The number of furan rings is 1. The molecule has 6 aromatic carbocycles. The molecule has 2 heterocycles. The van der Waals surface area contributed by atoms with Gasteiger partial charge in [-0.05, 0) is 53.1 Å². The van der Waals surface area contributed by atoms with Gasteiger partial charge in [-0.25, -0.2) is 0 Å². The first-order valence-electron chi connectivity index (χ1n) is 13.6. The maximum absolute atomic E-state index is 10.6. The number of para-hydroxylation sites is 1. The standard InChI is InChI=1S/C38H20N2OS/c39-21-32-30(24-14-16-27-26-10-4-6-12-34(26)41-35(27)18-24)20-31(33(22-40)38(32)23-8-2-1-3-9-23)25-15-17-29-28-11-5-7-13-36(28)42-37(29)19-25/h1-20H. The Morgan fingerprint density at radius 2 is 1.07 bits per heavy atom. The molecule has 4 heteroatoms. The first-order valence-corrected chi connectivity index (χ1v) is 14.4. The second-order valence-electron chi connectivity index (χ2n) is 10.3. The van der Waals surface area contributed by atoms with E-state index in [9.17, 15) is 10.5 Å². The van der Waals surface area contributed by atoms with Crippen molar-refractivity contribution < 1.29 is 4.42 Å². The molecule has 0 aliphatic rings. The molecule has 8 aromatic rings. The molecule has 0 spiro atoms. The van der Waals surface area contributed by atoms with E-state index >= 15 is 0 Å². The molecule has 2 aromatic heterocycles. The molecule has 0 radical (unpaired) electrons. The molecular weight excluding hydrogens is 532 g/mol. The fourth-order valence-electron chi connectivity index (χ4n) is 6.05. The summed E-state index contributed by atoms with van der Waals surface area (Å²) >= 11 is 1.75. The van der Waals surface area contributed by atoms with Gasteiger partial charge in [0, 0.05) is 47.6 Å². The maximum atomic E-state index is 10.6. The molecule has 0 aliphatic carbocycles. The van der Waals surface area contributed by atoms with Gasteiger partial charge in [-0.3, -0.25) is 0 Å². The van der Waals surface area contributed by atoms with Gasteiger partial charge in [-0.1, -0.05) is 84.9 Å². The van der Waals surface area contributed by atoms with Crippen LogP contribution in [-0.2, 0) is 0 Å². The van der Waals surface area contributed by atoms with E-state index in [4.69, 9.17) is 4.42 Å². The molecular formula is C38H20N2OS. The molecule has 0 N–H and O–H groups in total. The van der Waals surface area contributed by atoms with Crippen molar-refractivity contribution in [3.05, 3.63) is 132 Å². The van der Waals surface area contributed by atoms with Crippen LogP contribution in [0.25, 0.3) is 75.5 Å². The second-order valence-corrected chi connectivity index (χ2v) is 11.4. The Bertz CT molecular complexity index is 2280. The lowest BCUT2D eigenvalue weighted by Crippen LogP contribution is -1.98. The van der Waals surface area contributed by atoms with Crippen molar-refractivity contribution in [1.82, 2.24) is 0 Å². The van der Waals surface area contributed by atoms with E-state index in [-0.39, 0.29) is 0 Å². The van der Waals surface area contributed by atoms with Gasteiger partial charge in [0.05, 0.1) is 11.1 Å². The van der Waals surface area contributed by atoms with Gasteiger partial charge in [-0.2, -0.15) is 10.5 Å². The summed E-state index contributed by atoms with van der Waals surface area (Å²) < 4.78 is 8.60. The van der Waals surface area contributed by atoms with Gasteiger partial charge < -0.3 is 4.42 Å². The van der Waals surface area contributed by atoms with Crippen LogP contribution >= 0.6 is 11.3 Å². The molecule has 0 fully saturated rings. The number of nitrogens with zero attached hydrogens (tertiary/aromatic N) is 2. The summed E-state index contributed by atoms with van der Waals surface area (Å²) in [6.07, 6.45) is 0. The predicted octanol–water partition coefficient (Wildman–Crippen LogP) is 10.7. The maximum Gasteiger partial charge on any atom is 0.136 e. The Morgan fingerprint density at radius 3 is 1.83 bits per heavy atom. The number of thiophene rings is 1. The lowest BCUT2D eigenvalue weighted by atomic mass is 9.84. The SMILES string of the molecule is N#Cc1c(-c2ccc3c(c2)oc2ccccc23)cc(-c2ccc3c(c2)sc2ccccc23)c(C#N)c1-c1ccccc1. The van der Waals surface area contributed by atoms with Crippen molar-refractivity contribution in [2.75, 3.05) is 0 Å². The number of hydrogen-bond acceptors (Lipinski definition) is 4. The van der Waals surface area contributed by atoms with Crippen molar-refractivity contribution in [1.29, 1.82) is 10.5 Å². The fourth-order valence-corrected chi connectivity index (χ4v) is 7.20. The van der Waals surface area contributed by atoms with Crippen LogP contribution in [0.3, 0.4) is 0 Å². The number of hydrogen-bond donors (Lipinski definition) is 0. The summed E-state index contributed by atoms with van der Waals surface area (Å²) in [6, 6.07) is 45.6. The summed E-state index contributed by atoms with van der Waals surface area (Å²) in [7, 11) is 0. The summed E-state index contributed by atoms with van der Waals surface area (Å²) in [6.45, 7) is 0. The van der Waals surface area contributed by atoms with E-state index in [2.05, 4.69) is 66.7 Å². The molecule has 0 bridgehead atoms. The van der Waals surface area contributed by atoms with Crippen LogP contribution in [0.4, 0.5) is 0 Å². The summed E-state index contributed by atoms with van der Waals surface area (Å²) in [5, 5.41) is 25.7. The van der Waals surface area contributed by atoms with Crippen molar-refractivity contribution in [2.24, 2.45) is 0 Å². The molecule has 42 heavy (non-hydrogen) atoms. The van der Waals surface area contributed by atoms with E-state index in [1.54, 1.807) is 11.3 Å². The quantitative estimate of drug-likeness (QED) is 0.219. The molecule has 0 atom stereocenters. The number of rotatable bonds is 3. The average Bonchev–Trinajstić information content (AvgIpc) is 3.61. The smallest absolute Gasteiger partial charge is 0.136 e. The number of nitriles is 2. The Morgan fingerprint density at radius 1 is 0.476 bits per heavy atom. The van der Waals surface area contributed by atoms with E-state index in [1.807, 2.05) is 66.7 Å².